The zero-order valence-electron chi connectivity index (χ0n) is 15.4. The number of carbonyl (C=O) groups is 1. The molecular formula is C22H13N5O3. The van der Waals surface area contributed by atoms with Crippen molar-refractivity contribution in [2.45, 2.75) is 0 Å². The van der Waals surface area contributed by atoms with Gasteiger partial charge in [-0.2, -0.15) is 0 Å². The number of nitrogens with one attached hydrogen (secondary N) is 1. The van der Waals surface area contributed by atoms with Gasteiger partial charge < -0.3 is 4.98 Å². The second-order valence-electron chi connectivity index (χ2n) is 6.68. The first-order chi connectivity index (χ1) is 14.6. The lowest BCUT2D eigenvalue weighted by Gasteiger charge is -2.04. The largest absolute Gasteiger partial charge is 0.350 e. The molecule has 0 spiro atoms. The van der Waals surface area contributed by atoms with Gasteiger partial charge in [-0.15, -0.1) is 10.2 Å². The number of para-hydroxylation sites is 2. The van der Waals surface area contributed by atoms with Crippen molar-refractivity contribution in [3.05, 3.63) is 88.5 Å². The summed E-state index contributed by atoms with van der Waals surface area (Å²) in [5, 5.41) is 20.6. The van der Waals surface area contributed by atoms with Gasteiger partial charge in [-0.25, -0.2) is 4.98 Å². The van der Waals surface area contributed by atoms with Gasteiger partial charge in [0, 0.05) is 28.5 Å². The zero-order chi connectivity index (χ0) is 20.7. The van der Waals surface area contributed by atoms with Crippen LogP contribution >= 0.6 is 0 Å². The normalized spacial score (nSPS) is 11.6. The molecule has 1 N–H and O–H groups in total. The smallest absolute Gasteiger partial charge is 0.295 e. The molecule has 8 heteroatoms. The van der Waals surface area contributed by atoms with Crippen molar-refractivity contribution in [2.24, 2.45) is 10.2 Å². The standard InChI is InChI=1S/C22H13N5O3/c28-22(13-9-11-14(12-10-13)27(29)30)26-25-20-16-6-2-1-5-15(16)19-21(20)24-18-8-4-3-7-17(18)23-19/h1-12,24H. The number of amides is 1. The fourth-order valence-corrected chi connectivity index (χ4v) is 3.43. The number of nitro groups is 1. The molecule has 1 heterocycles. The molecule has 0 aromatic heterocycles. The number of nitro benzene ring substituents is 1. The molecule has 0 saturated carbocycles. The van der Waals surface area contributed by atoms with Crippen LogP contribution in [0.3, 0.4) is 0 Å². The van der Waals surface area contributed by atoms with E-state index in [1.54, 1.807) is 0 Å². The van der Waals surface area contributed by atoms with Gasteiger partial charge in [-0.05, 0) is 24.3 Å². The predicted octanol–water partition coefficient (Wildman–Crippen LogP) is 5.65. The van der Waals surface area contributed by atoms with Crippen LogP contribution in [-0.2, 0) is 0 Å². The molecule has 0 atom stereocenters. The lowest BCUT2D eigenvalue weighted by Crippen LogP contribution is -1.95. The number of non-ortho nitro benzene ring substituents is 1. The number of hydrogen-bond donors (Lipinski definition) is 1. The molecule has 144 valence electrons. The van der Waals surface area contributed by atoms with E-state index in [0.29, 0.717) is 11.4 Å². The Morgan fingerprint density at radius 2 is 1.63 bits per heavy atom. The minimum absolute atomic E-state index is 0.0935. The van der Waals surface area contributed by atoms with E-state index in [2.05, 4.69) is 15.2 Å². The average molecular weight is 395 g/mol. The Morgan fingerprint density at radius 3 is 2.40 bits per heavy atom. The van der Waals surface area contributed by atoms with Crippen molar-refractivity contribution < 1.29 is 9.72 Å². The number of aromatic amines is 1. The first-order valence-corrected chi connectivity index (χ1v) is 9.11. The minimum Gasteiger partial charge on any atom is -0.350 e. The minimum atomic E-state index is -0.586. The molecule has 1 aliphatic carbocycles. The zero-order valence-corrected chi connectivity index (χ0v) is 15.4. The second-order valence-corrected chi connectivity index (χ2v) is 6.68. The van der Waals surface area contributed by atoms with Crippen LogP contribution in [0.5, 0.6) is 0 Å². The molecule has 0 bridgehead atoms. The van der Waals surface area contributed by atoms with E-state index in [1.165, 1.54) is 24.3 Å². The van der Waals surface area contributed by atoms with E-state index in [4.69, 9.17) is 4.98 Å². The van der Waals surface area contributed by atoms with Crippen LogP contribution in [-0.4, -0.2) is 20.8 Å². The van der Waals surface area contributed by atoms with Crippen molar-refractivity contribution in [1.29, 1.82) is 0 Å². The molecule has 0 unspecified atom stereocenters. The summed E-state index contributed by atoms with van der Waals surface area (Å²) in [6.45, 7) is 0. The van der Waals surface area contributed by atoms with E-state index >= 15 is 0 Å². The van der Waals surface area contributed by atoms with Gasteiger partial charge in [0.15, 0.2) is 0 Å². The van der Waals surface area contributed by atoms with E-state index in [9.17, 15) is 14.9 Å². The maximum Gasteiger partial charge on any atom is 0.295 e. The van der Waals surface area contributed by atoms with Crippen LogP contribution in [0, 0.1) is 10.1 Å². The van der Waals surface area contributed by atoms with Crippen molar-refractivity contribution in [1.82, 2.24) is 9.97 Å². The van der Waals surface area contributed by atoms with Gasteiger partial charge in [-0.3, -0.25) is 14.9 Å². The molecule has 2 aliphatic rings. The predicted molar refractivity (Wildman–Crippen MR) is 112 cm³/mol. The fraction of sp³-hybridized carbons (Fsp3) is 0. The Hall–Kier alpha value is -4.46. The number of aromatic nitrogens is 2. The summed E-state index contributed by atoms with van der Waals surface area (Å²) in [6, 6.07) is 20.6. The Morgan fingerprint density at radius 1 is 0.933 bits per heavy atom. The van der Waals surface area contributed by atoms with Crippen LogP contribution in [0.25, 0.3) is 33.2 Å². The number of H-pyrrole nitrogens is 1. The summed E-state index contributed by atoms with van der Waals surface area (Å²) in [5.41, 5.74) is 3.76. The van der Waals surface area contributed by atoms with E-state index in [1.807, 2.05) is 48.5 Å². The Bertz CT molecular complexity index is 1440. The van der Waals surface area contributed by atoms with Gasteiger partial charge in [0.1, 0.15) is 5.69 Å². The summed E-state index contributed by atoms with van der Waals surface area (Å²) in [4.78, 5) is 30.8. The summed E-state index contributed by atoms with van der Waals surface area (Å²) in [5.74, 6) is -0.586. The molecule has 8 nitrogen and oxygen atoms in total. The molecule has 1 amide bonds. The molecule has 3 aromatic rings. The topological polar surface area (TPSA) is 114 Å². The second kappa shape index (κ2) is 6.85. The molecule has 30 heavy (non-hydrogen) atoms. The van der Waals surface area contributed by atoms with Crippen molar-refractivity contribution in [2.75, 3.05) is 0 Å². The molecule has 3 aromatic carbocycles. The number of hydrogen-bond acceptors (Lipinski definition) is 5. The summed E-state index contributed by atoms with van der Waals surface area (Å²) < 4.78 is 0. The maximum atomic E-state index is 12.4. The van der Waals surface area contributed by atoms with Crippen molar-refractivity contribution >= 4 is 39.1 Å². The summed E-state index contributed by atoms with van der Waals surface area (Å²) in [6.07, 6.45) is 0. The summed E-state index contributed by atoms with van der Waals surface area (Å²) >= 11 is 0. The number of nitrogens with zero attached hydrogens (tertiary/aromatic N) is 4. The average Bonchev–Trinajstić information content (AvgIpc) is 3.08. The molecule has 0 radical (unpaired) electrons. The maximum absolute atomic E-state index is 12.4. The van der Waals surface area contributed by atoms with E-state index in [0.717, 1.165) is 27.5 Å². The third kappa shape index (κ3) is 2.87. The summed E-state index contributed by atoms with van der Waals surface area (Å²) in [7, 11) is 0. The molecular weight excluding hydrogens is 382 g/mol. The highest BCUT2D eigenvalue weighted by atomic mass is 16.6. The van der Waals surface area contributed by atoms with Crippen LogP contribution in [0.2, 0.25) is 0 Å². The van der Waals surface area contributed by atoms with Crippen LogP contribution in [0.1, 0.15) is 10.4 Å². The first kappa shape index (κ1) is 17.6. The van der Waals surface area contributed by atoms with E-state index < -0.39 is 10.8 Å². The lowest BCUT2D eigenvalue weighted by molar-refractivity contribution is -0.384. The third-order valence-corrected chi connectivity index (χ3v) is 4.87. The van der Waals surface area contributed by atoms with E-state index in [-0.39, 0.29) is 11.3 Å². The highest BCUT2D eigenvalue weighted by Crippen LogP contribution is 2.43. The molecule has 0 saturated heterocycles. The number of benzene rings is 3. The number of azo groups is 1. The van der Waals surface area contributed by atoms with Gasteiger partial charge in [0.25, 0.3) is 11.6 Å². The van der Waals surface area contributed by atoms with Gasteiger partial charge in [0.2, 0.25) is 0 Å². The number of rotatable bonds is 3. The van der Waals surface area contributed by atoms with Crippen molar-refractivity contribution in [3.63, 3.8) is 0 Å². The fourth-order valence-electron chi connectivity index (χ4n) is 3.43. The highest BCUT2D eigenvalue weighted by Gasteiger charge is 2.21. The molecule has 0 fully saturated rings. The van der Waals surface area contributed by atoms with Gasteiger partial charge in [-0.1, -0.05) is 36.4 Å². The van der Waals surface area contributed by atoms with Crippen LogP contribution in [0.4, 0.5) is 11.4 Å². The SMILES string of the molecule is O=C(N=Nc1c2[nH]c3ccccc3nc-2c2ccccc12)c1ccc([N+](=O)[O-])cc1. The molecule has 5 rings (SSSR count). The van der Waals surface area contributed by atoms with Crippen LogP contribution in [0.15, 0.2) is 83.0 Å². The van der Waals surface area contributed by atoms with Crippen LogP contribution < -0.4 is 0 Å². The number of carbonyl (C=O) groups excluding carboxylic acids is 1. The van der Waals surface area contributed by atoms with Crippen molar-refractivity contribution in [3.8, 4) is 11.4 Å². The third-order valence-electron chi connectivity index (χ3n) is 4.87. The monoisotopic (exact) mass is 395 g/mol. The highest BCUT2D eigenvalue weighted by molar-refractivity contribution is 6.11. The quantitative estimate of drug-likeness (QED) is 0.241. The molecule has 1 aliphatic heterocycles. The number of fused-ring (bicyclic) bond motifs is 4. The lowest BCUT2D eigenvalue weighted by atomic mass is 10.2. The Labute approximate surface area is 169 Å². The van der Waals surface area contributed by atoms with Gasteiger partial charge >= 0.3 is 0 Å². The first-order valence-electron chi connectivity index (χ1n) is 9.11. The Kier molecular flexibility index (Phi) is 4.03. The Balaban J connectivity index is 1.61. The van der Waals surface area contributed by atoms with Gasteiger partial charge in [0.05, 0.1) is 27.3 Å².